The number of aryl methyl sites for hydroxylation is 1. The molecule has 2 N–H and O–H groups in total. The van der Waals surface area contributed by atoms with Crippen LogP contribution in [0, 0.1) is 0 Å². The standard InChI is InChI=1S/C12H12BrF3N4/c1-20-10(11(13)18-19-20)9(17)6-7-2-4-8(5-3-7)12(14,15)16/h2-5,9H,6,17H2,1H3. The number of nitrogens with two attached hydrogens (primary N) is 1. The first-order valence-corrected chi connectivity index (χ1v) is 6.55. The predicted octanol–water partition coefficient (Wildman–Crippen LogP) is 2.84. The average Bonchev–Trinajstić information content (AvgIpc) is 2.68. The first-order valence-electron chi connectivity index (χ1n) is 5.76. The van der Waals surface area contributed by atoms with Gasteiger partial charge in [-0.3, -0.25) is 0 Å². The molecule has 0 aliphatic rings. The number of benzene rings is 1. The van der Waals surface area contributed by atoms with Gasteiger partial charge in [-0.2, -0.15) is 13.2 Å². The molecule has 0 aliphatic carbocycles. The molecule has 0 radical (unpaired) electrons. The van der Waals surface area contributed by atoms with Crippen molar-refractivity contribution in [2.24, 2.45) is 12.8 Å². The summed E-state index contributed by atoms with van der Waals surface area (Å²) in [4.78, 5) is 0. The van der Waals surface area contributed by atoms with Crippen LogP contribution in [0.2, 0.25) is 0 Å². The predicted molar refractivity (Wildman–Crippen MR) is 70.8 cm³/mol. The number of hydrogen-bond acceptors (Lipinski definition) is 3. The minimum Gasteiger partial charge on any atom is -0.322 e. The highest BCUT2D eigenvalue weighted by Crippen LogP contribution is 2.30. The van der Waals surface area contributed by atoms with Crippen molar-refractivity contribution in [3.8, 4) is 0 Å². The molecular weight excluding hydrogens is 337 g/mol. The van der Waals surface area contributed by atoms with Gasteiger partial charge in [-0.1, -0.05) is 17.3 Å². The summed E-state index contributed by atoms with van der Waals surface area (Å²) < 4.78 is 39.5. The van der Waals surface area contributed by atoms with Crippen LogP contribution in [0.4, 0.5) is 13.2 Å². The maximum absolute atomic E-state index is 12.5. The van der Waals surface area contributed by atoms with E-state index in [1.54, 1.807) is 11.7 Å². The fourth-order valence-corrected chi connectivity index (χ4v) is 2.53. The molecule has 0 spiro atoms. The molecule has 1 heterocycles. The monoisotopic (exact) mass is 348 g/mol. The molecule has 4 nitrogen and oxygen atoms in total. The highest BCUT2D eigenvalue weighted by Gasteiger charge is 2.30. The van der Waals surface area contributed by atoms with Gasteiger partial charge in [0.2, 0.25) is 0 Å². The lowest BCUT2D eigenvalue weighted by atomic mass is 10.0. The third kappa shape index (κ3) is 3.18. The minimum atomic E-state index is -4.32. The zero-order valence-electron chi connectivity index (χ0n) is 10.5. The topological polar surface area (TPSA) is 56.7 Å². The van der Waals surface area contributed by atoms with Crippen LogP contribution in [0.3, 0.4) is 0 Å². The number of alkyl halides is 3. The molecule has 0 fully saturated rings. The molecule has 0 saturated heterocycles. The SMILES string of the molecule is Cn1nnc(Br)c1C(N)Cc1ccc(C(F)(F)F)cc1. The summed E-state index contributed by atoms with van der Waals surface area (Å²) in [5.74, 6) is 0. The molecule has 1 aromatic heterocycles. The van der Waals surface area contributed by atoms with Crippen molar-refractivity contribution in [2.75, 3.05) is 0 Å². The number of nitrogens with zero attached hydrogens (tertiary/aromatic N) is 3. The van der Waals surface area contributed by atoms with E-state index in [1.807, 2.05) is 0 Å². The summed E-state index contributed by atoms with van der Waals surface area (Å²) in [5, 5.41) is 7.64. The van der Waals surface area contributed by atoms with E-state index >= 15 is 0 Å². The third-order valence-electron chi connectivity index (χ3n) is 2.91. The van der Waals surface area contributed by atoms with E-state index in [0.29, 0.717) is 16.7 Å². The van der Waals surface area contributed by atoms with Gasteiger partial charge < -0.3 is 5.73 Å². The lowest BCUT2D eigenvalue weighted by Crippen LogP contribution is -2.17. The van der Waals surface area contributed by atoms with E-state index in [0.717, 1.165) is 17.7 Å². The van der Waals surface area contributed by atoms with E-state index < -0.39 is 17.8 Å². The zero-order valence-corrected chi connectivity index (χ0v) is 12.1. The van der Waals surface area contributed by atoms with E-state index in [1.165, 1.54) is 12.1 Å². The third-order valence-corrected chi connectivity index (χ3v) is 3.48. The second-order valence-corrected chi connectivity index (χ2v) is 5.15. The molecule has 20 heavy (non-hydrogen) atoms. The second-order valence-electron chi connectivity index (χ2n) is 4.39. The van der Waals surface area contributed by atoms with Crippen LogP contribution in [0.5, 0.6) is 0 Å². The molecule has 1 unspecified atom stereocenters. The van der Waals surface area contributed by atoms with Gasteiger partial charge in [0.05, 0.1) is 17.3 Å². The number of halogens is 4. The van der Waals surface area contributed by atoms with Crippen molar-refractivity contribution in [3.63, 3.8) is 0 Å². The molecule has 2 aromatic rings. The Kier molecular flexibility index (Phi) is 4.14. The fraction of sp³-hybridized carbons (Fsp3) is 0.333. The van der Waals surface area contributed by atoms with Crippen LogP contribution in [-0.4, -0.2) is 15.0 Å². The maximum Gasteiger partial charge on any atom is 0.416 e. The van der Waals surface area contributed by atoms with Crippen LogP contribution in [0.25, 0.3) is 0 Å². The Bertz CT molecular complexity index is 572. The summed E-state index contributed by atoms with van der Waals surface area (Å²) in [6.07, 6.45) is -3.92. The zero-order chi connectivity index (χ0) is 14.9. The van der Waals surface area contributed by atoms with Crippen LogP contribution in [0.1, 0.15) is 22.9 Å². The van der Waals surface area contributed by atoms with Gasteiger partial charge in [-0.25, -0.2) is 4.68 Å². The van der Waals surface area contributed by atoms with Crippen LogP contribution >= 0.6 is 15.9 Å². The largest absolute Gasteiger partial charge is 0.416 e. The van der Waals surface area contributed by atoms with Crippen molar-refractivity contribution in [2.45, 2.75) is 18.6 Å². The Hall–Kier alpha value is -1.41. The highest BCUT2D eigenvalue weighted by atomic mass is 79.9. The van der Waals surface area contributed by atoms with Gasteiger partial charge in [0.15, 0.2) is 4.60 Å². The molecule has 1 aromatic carbocycles. The first kappa shape index (κ1) is 15.0. The first-order chi connectivity index (χ1) is 9.29. The van der Waals surface area contributed by atoms with Crippen LogP contribution in [0.15, 0.2) is 28.9 Å². The van der Waals surface area contributed by atoms with Crippen molar-refractivity contribution in [3.05, 3.63) is 45.7 Å². The van der Waals surface area contributed by atoms with Gasteiger partial charge in [-0.15, -0.1) is 5.10 Å². The number of aromatic nitrogens is 3. The Morgan fingerprint density at radius 2 is 1.90 bits per heavy atom. The van der Waals surface area contributed by atoms with Gasteiger partial charge in [0, 0.05) is 7.05 Å². The molecule has 0 bridgehead atoms. The molecule has 1 atom stereocenters. The Morgan fingerprint density at radius 1 is 1.30 bits per heavy atom. The summed E-state index contributed by atoms with van der Waals surface area (Å²) >= 11 is 3.25. The van der Waals surface area contributed by atoms with Gasteiger partial charge in [-0.05, 0) is 40.0 Å². The highest BCUT2D eigenvalue weighted by molar-refractivity contribution is 9.10. The van der Waals surface area contributed by atoms with Crippen LogP contribution < -0.4 is 5.73 Å². The Morgan fingerprint density at radius 3 is 2.35 bits per heavy atom. The van der Waals surface area contributed by atoms with Crippen molar-refractivity contribution in [1.82, 2.24) is 15.0 Å². The molecule has 8 heteroatoms. The van der Waals surface area contributed by atoms with E-state index in [-0.39, 0.29) is 0 Å². The van der Waals surface area contributed by atoms with Gasteiger partial charge in [0.1, 0.15) is 0 Å². The van der Waals surface area contributed by atoms with E-state index in [2.05, 4.69) is 26.2 Å². The number of rotatable bonds is 3. The summed E-state index contributed by atoms with van der Waals surface area (Å²) in [6, 6.07) is 4.57. The summed E-state index contributed by atoms with van der Waals surface area (Å²) in [5.41, 5.74) is 6.80. The molecule has 108 valence electrons. The lowest BCUT2D eigenvalue weighted by molar-refractivity contribution is -0.137. The normalized spacial score (nSPS) is 13.5. The minimum absolute atomic E-state index is 0.401. The lowest BCUT2D eigenvalue weighted by Gasteiger charge is -2.13. The van der Waals surface area contributed by atoms with Gasteiger partial charge >= 0.3 is 6.18 Å². The smallest absolute Gasteiger partial charge is 0.322 e. The summed E-state index contributed by atoms with van der Waals surface area (Å²) in [7, 11) is 1.71. The summed E-state index contributed by atoms with van der Waals surface area (Å²) in [6.45, 7) is 0. The second kappa shape index (κ2) is 5.53. The Labute approximate surface area is 121 Å². The maximum atomic E-state index is 12.5. The van der Waals surface area contributed by atoms with Crippen LogP contribution in [-0.2, 0) is 19.6 Å². The van der Waals surface area contributed by atoms with Crippen molar-refractivity contribution < 1.29 is 13.2 Å². The van der Waals surface area contributed by atoms with Crippen molar-refractivity contribution in [1.29, 1.82) is 0 Å². The number of hydrogen-bond donors (Lipinski definition) is 1. The van der Waals surface area contributed by atoms with E-state index in [4.69, 9.17) is 5.73 Å². The van der Waals surface area contributed by atoms with Gasteiger partial charge in [0.25, 0.3) is 0 Å². The molecule has 0 amide bonds. The quantitative estimate of drug-likeness (QED) is 0.927. The molecule has 0 aliphatic heterocycles. The molecule has 2 rings (SSSR count). The Balaban J connectivity index is 2.15. The molecular formula is C12H12BrF3N4. The van der Waals surface area contributed by atoms with E-state index in [9.17, 15) is 13.2 Å². The van der Waals surface area contributed by atoms with Crippen molar-refractivity contribution >= 4 is 15.9 Å². The average molecular weight is 349 g/mol. The molecule has 0 saturated carbocycles. The fourth-order valence-electron chi connectivity index (χ4n) is 1.91.